The fourth-order valence-electron chi connectivity index (χ4n) is 0.898. The Hall–Kier alpha value is -2.15. The first-order chi connectivity index (χ1) is 9.36. The van der Waals surface area contributed by atoms with Crippen molar-refractivity contribution in [2.45, 2.75) is 19.4 Å². The molecule has 112 valence electrons. The van der Waals surface area contributed by atoms with Crippen LogP contribution >= 0.6 is 0 Å². The zero-order chi connectivity index (χ0) is 15.5. The average Bonchev–Trinajstić information content (AvgIpc) is 2.41. The number of aliphatic hydroxyl groups is 1. The highest BCUT2D eigenvalue weighted by atomic mass is 16.6. The molecule has 0 aromatic rings. The molecule has 0 rings (SSSR count). The van der Waals surface area contributed by atoms with Crippen molar-refractivity contribution >= 4 is 17.9 Å². The summed E-state index contributed by atoms with van der Waals surface area (Å²) in [7, 11) is 0. The predicted octanol–water partition coefficient (Wildman–Crippen LogP) is 0.129. The third kappa shape index (κ3) is 8.87. The number of rotatable bonds is 9. The van der Waals surface area contributed by atoms with E-state index in [4.69, 9.17) is 4.74 Å². The quantitative estimate of drug-likeness (QED) is 0.365. The van der Waals surface area contributed by atoms with E-state index < -0.39 is 24.0 Å². The summed E-state index contributed by atoms with van der Waals surface area (Å²) in [4.78, 5) is 32.9. The number of carbonyl (C=O) groups excluding carboxylic acids is 3. The molecule has 7 heteroatoms. The standard InChI is InChI=1S/C13H18O7/c1-4-11(15)18-6-5-12(16)19-7-10(14)8-20-13(17)9(2)3/h4,10,14H,1-2,5-8H2,3H3. The number of ether oxygens (including phenoxy) is 3. The van der Waals surface area contributed by atoms with Gasteiger partial charge in [0.25, 0.3) is 0 Å². The molecule has 1 unspecified atom stereocenters. The summed E-state index contributed by atoms with van der Waals surface area (Å²) >= 11 is 0. The summed E-state index contributed by atoms with van der Waals surface area (Å²) < 4.78 is 13.9. The lowest BCUT2D eigenvalue weighted by Crippen LogP contribution is -2.25. The maximum absolute atomic E-state index is 11.2. The SMILES string of the molecule is C=CC(=O)OCCC(=O)OCC(O)COC(=O)C(=C)C. The van der Waals surface area contributed by atoms with Crippen LogP contribution in [0, 0.1) is 0 Å². The van der Waals surface area contributed by atoms with Crippen LogP contribution in [0.4, 0.5) is 0 Å². The van der Waals surface area contributed by atoms with Crippen LogP contribution in [-0.4, -0.2) is 48.9 Å². The Bertz CT molecular complexity index is 386. The second-order valence-corrected chi connectivity index (χ2v) is 3.84. The first-order valence-electron chi connectivity index (χ1n) is 5.82. The Balaban J connectivity index is 3.72. The van der Waals surface area contributed by atoms with Crippen molar-refractivity contribution < 1.29 is 33.7 Å². The predicted molar refractivity (Wildman–Crippen MR) is 68.5 cm³/mol. The highest BCUT2D eigenvalue weighted by Crippen LogP contribution is 1.96. The summed E-state index contributed by atoms with van der Waals surface area (Å²) in [5, 5.41) is 9.40. The molecule has 0 aliphatic carbocycles. The molecule has 0 spiro atoms. The van der Waals surface area contributed by atoms with Gasteiger partial charge in [0.15, 0.2) is 0 Å². The van der Waals surface area contributed by atoms with Crippen molar-refractivity contribution in [3.05, 3.63) is 24.8 Å². The maximum Gasteiger partial charge on any atom is 0.333 e. The van der Waals surface area contributed by atoms with Crippen LogP contribution < -0.4 is 0 Å². The van der Waals surface area contributed by atoms with E-state index in [9.17, 15) is 19.5 Å². The molecule has 0 aliphatic rings. The van der Waals surface area contributed by atoms with Gasteiger partial charge in [0.2, 0.25) is 0 Å². The van der Waals surface area contributed by atoms with Gasteiger partial charge < -0.3 is 19.3 Å². The molecular formula is C13H18O7. The Morgan fingerprint density at radius 3 is 2.35 bits per heavy atom. The number of aliphatic hydroxyl groups excluding tert-OH is 1. The van der Waals surface area contributed by atoms with E-state index in [0.717, 1.165) is 6.08 Å². The van der Waals surface area contributed by atoms with Crippen molar-refractivity contribution in [3.63, 3.8) is 0 Å². The Kier molecular flexibility index (Phi) is 8.69. The van der Waals surface area contributed by atoms with Crippen LogP contribution in [-0.2, 0) is 28.6 Å². The summed E-state index contributed by atoms with van der Waals surface area (Å²) in [6, 6.07) is 0. The molecule has 0 heterocycles. The zero-order valence-electron chi connectivity index (χ0n) is 11.3. The van der Waals surface area contributed by atoms with Crippen molar-refractivity contribution in [2.75, 3.05) is 19.8 Å². The first-order valence-corrected chi connectivity index (χ1v) is 5.82. The van der Waals surface area contributed by atoms with Crippen molar-refractivity contribution in [1.29, 1.82) is 0 Å². The van der Waals surface area contributed by atoms with Crippen LogP contribution in [0.1, 0.15) is 13.3 Å². The third-order valence-corrected chi connectivity index (χ3v) is 1.91. The topological polar surface area (TPSA) is 99.1 Å². The average molecular weight is 286 g/mol. The molecule has 0 saturated carbocycles. The van der Waals surface area contributed by atoms with Gasteiger partial charge in [0.05, 0.1) is 6.42 Å². The molecule has 0 aromatic heterocycles. The normalized spacial score (nSPS) is 11.1. The molecule has 20 heavy (non-hydrogen) atoms. The van der Waals surface area contributed by atoms with E-state index in [1.165, 1.54) is 6.92 Å². The third-order valence-electron chi connectivity index (χ3n) is 1.91. The summed E-state index contributed by atoms with van der Waals surface area (Å²) in [5.74, 6) is -1.91. The number of esters is 3. The minimum absolute atomic E-state index is 0.134. The molecule has 0 bridgehead atoms. The van der Waals surface area contributed by atoms with Gasteiger partial charge in [-0.15, -0.1) is 0 Å². The van der Waals surface area contributed by atoms with Gasteiger partial charge in [0.1, 0.15) is 25.9 Å². The zero-order valence-corrected chi connectivity index (χ0v) is 11.3. The van der Waals surface area contributed by atoms with Crippen LogP contribution in [0.3, 0.4) is 0 Å². The smallest absolute Gasteiger partial charge is 0.333 e. The lowest BCUT2D eigenvalue weighted by atomic mass is 10.3. The van der Waals surface area contributed by atoms with E-state index in [-0.39, 0.29) is 31.8 Å². The molecule has 0 aromatic carbocycles. The van der Waals surface area contributed by atoms with E-state index in [0.29, 0.717) is 0 Å². The Labute approximate surface area is 116 Å². The monoisotopic (exact) mass is 286 g/mol. The maximum atomic E-state index is 11.2. The second-order valence-electron chi connectivity index (χ2n) is 3.84. The molecular weight excluding hydrogens is 268 g/mol. The number of hydrogen-bond donors (Lipinski definition) is 1. The molecule has 0 radical (unpaired) electrons. The van der Waals surface area contributed by atoms with Crippen molar-refractivity contribution in [2.24, 2.45) is 0 Å². The molecule has 0 aliphatic heterocycles. The lowest BCUT2D eigenvalue weighted by molar-refractivity contribution is -0.152. The Morgan fingerprint density at radius 1 is 1.20 bits per heavy atom. The highest BCUT2D eigenvalue weighted by Gasteiger charge is 2.12. The minimum atomic E-state index is -1.13. The summed E-state index contributed by atoms with van der Waals surface area (Å²) in [6.07, 6.45) is -0.291. The number of hydrogen-bond acceptors (Lipinski definition) is 7. The van der Waals surface area contributed by atoms with Crippen LogP contribution in [0.25, 0.3) is 0 Å². The van der Waals surface area contributed by atoms with E-state index in [1.54, 1.807) is 0 Å². The van der Waals surface area contributed by atoms with Gasteiger partial charge in [-0.1, -0.05) is 13.2 Å². The molecule has 1 N–H and O–H groups in total. The van der Waals surface area contributed by atoms with E-state index in [1.807, 2.05) is 0 Å². The van der Waals surface area contributed by atoms with Crippen LogP contribution in [0.2, 0.25) is 0 Å². The van der Waals surface area contributed by atoms with Gasteiger partial charge in [-0.05, 0) is 6.92 Å². The minimum Gasteiger partial charge on any atom is -0.463 e. The first kappa shape index (κ1) is 17.8. The lowest BCUT2D eigenvalue weighted by Gasteiger charge is -2.11. The molecule has 1 atom stereocenters. The molecule has 7 nitrogen and oxygen atoms in total. The largest absolute Gasteiger partial charge is 0.463 e. The van der Waals surface area contributed by atoms with Crippen LogP contribution in [0.15, 0.2) is 24.8 Å². The molecule has 0 saturated heterocycles. The molecule has 0 fully saturated rings. The fourth-order valence-corrected chi connectivity index (χ4v) is 0.898. The van der Waals surface area contributed by atoms with Crippen LogP contribution in [0.5, 0.6) is 0 Å². The van der Waals surface area contributed by atoms with Gasteiger partial charge in [0, 0.05) is 11.6 Å². The molecule has 0 amide bonds. The summed E-state index contributed by atoms with van der Waals surface area (Å²) in [5.41, 5.74) is 0.207. The van der Waals surface area contributed by atoms with Gasteiger partial charge in [-0.3, -0.25) is 4.79 Å². The van der Waals surface area contributed by atoms with Gasteiger partial charge in [-0.2, -0.15) is 0 Å². The summed E-state index contributed by atoms with van der Waals surface area (Å²) in [6.45, 7) is 7.28. The fraction of sp³-hybridized carbons (Fsp3) is 0.462. The van der Waals surface area contributed by atoms with Gasteiger partial charge in [-0.25, -0.2) is 9.59 Å². The van der Waals surface area contributed by atoms with Crippen molar-refractivity contribution in [3.8, 4) is 0 Å². The Morgan fingerprint density at radius 2 is 1.80 bits per heavy atom. The second kappa shape index (κ2) is 9.74. The van der Waals surface area contributed by atoms with E-state index in [2.05, 4.69) is 22.6 Å². The number of carbonyl (C=O) groups is 3. The van der Waals surface area contributed by atoms with Crippen molar-refractivity contribution in [1.82, 2.24) is 0 Å². The van der Waals surface area contributed by atoms with Gasteiger partial charge >= 0.3 is 17.9 Å². The highest BCUT2D eigenvalue weighted by molar-refractivity contribution is 5.86. The van der Waals surface area contributed by atoms with E-state index >= 15 is 0 Å².